The summed E-state index contributed by atoms with van der Waals surface area (Å²) in [5.41, 5.74) is 1.07. The second-order valence-corrected chi connectivity index (χ2v) is 5.84. The van der Waals surface area contributed by atoms with E-state index in [9.17, 15) is 14.4 Å². The zero-order chi connectivity index (χ0) is 16.9. The van der Waals surface area contributed by atoms with Crippen LogP contribution >= 0.6 is 11.8 Å². The molecule has 1 saturated heterocycles. The summed E-state index contributed by atoms with van der Waals surface area (Å²) in [7, 11) is 0. The molecule has 2 aromatic heterocycles. The summed E-state index contributed by atoms with van der Waals surface area (Å²) >= 11 is 0.875. The fourth-order valence-electron chi connectivity index (χ4n) is 2.06. The highest BCUT2D eigenvalue weighted by molar-refractivity contribution is 8.18. The predicted molar refractivity (Wildman–Crippen MR) is 87.8 cm³/mol. The topological polar surface area (TPSA) is 108 Å². The van der Waals surface area contributed by atoms with Crippen LogP contribution in [0.2, 0.25) is 0 Å². The molecule has 1 aliphatic heterocycles. The molecule has 0 aliphatic carbocycles. The number of carbonyl (C=O) groups is 3. The number of hydrogen-bond acceptors (Lipinski definition) is 6. The molecule has 0 bridgehead atoms. The van der Waals surface area contributed by atoms with Crippen LogP contribution in [0.1, 0.15) is 16.1 Å². The Labute approximate surface area is 141 Å². The van der Waals surface area contributed by atoms with E-state index < -0.39 is 0 Å². The summed E-state index contributed by atoms with van der Waals surface area (Å²) in [4.78, 5) is 41.4. The average Bonchev–Trinajstić information content (AvgIpc) is 3.20. The Kier molecular flexibility index (Phi) is 4.71. The number of aromatic amines is 1. The van der Waals surface area contributed by atoms with Gasteiger partial charge in [0, 0.05) is 31.7 Å². The largest absolute Gasteiger partial charge is 0.349 e. The lowest BCUT2D eigenvalue weighted by atomic mass is 10.2. The number of nitrogens with one attached hydrogen (secondary N) is 2. The Balaban J connectivity index is 1.59. The summed E-state index contributed by atoms with van der Waals surface area (Å²) in [5.74, 6) is -0.713. The molecule has 0 spiro atoms. The van der Waals surface area contributed by atoms with Crippen LogP contribution in [0.25, 0.3) is 6.08 Å². The number of pyridine rings is 1. The van der Waals surface area contributed by atoms with Gasteiger partial charge in [-0.15, -0.1) is 0 Å². The van der Waals surface area contributed by atoms with Gasteiger partial charge in [0.05, 0.1) is 4.91 Å². The fraction of sp³-hybridized carbons (Fsp3) is 0.133. The number of amides is 3. The first kappa shape index (κ1) is 15.9. The summed E-state index contributed by atoms with van der Waals surface area (Å²) < 4.78 is 0. The third-order valence-corrected chi connectivity index (χ3v) is 4.13. The Morgan fingerprint density at radius 3 is 2.92 bits per heavy atom. The molecule has 8 nitrogen and oxygen atoms in total. The molecule has 3 amide bonds. The highest BCUT2D eigenvalue weighted by Crippen LogP contribution is 2.31. The average molecular weight is 343 g/mol. The van der Waals surface area contributed by atoms with E-state index in [0.29, 0.717) is 10.6 Å². The van der Waals surface area contributed by atoms with Gasteiger partial charge in [0.1, 0.15) is 5.69 Å². The van der Waals surface area contributed by atoms with Crippen molar-refractivity contribution in [2.24, 2.45) is 0 Å². The van der Waals surface area contributed by atoms with Crippen molar-refractivity contribution in [3.8, 4) is 0 Å². The van der Waals surface area contributed by atoms with Crippen molar-refractivity contribution >= 4 is 34.9 Å². The number of H-pyrrole nitrogens is 1. The highest BCUT2D eigenvalue weighted by atomic mass is 32.2. The quantitative estimate of drug-likeness (QED) is 0.792. The van der Waals surface area contributed by atoms with Crippen molar-refractivity contribution in [2.75, 3.05) is 13.1 Å². The second kappa shape index (κ2) is 7.09. The molecular formula is C15H13N5O3S. The van der Waals surface area contributed by atoms with Gasteiger partial charge in [0.25, 0.3) is 17.1 Å². The number of carbonyl (C=O) groups excluding carboxylic acids is 3. The Hall–Kier alpha value is -2.94. The molecular weight excluding hydrogens is 330 g/mol. The van der Waals surface area contributed by atoms with Crippen molar-refractivity contribution in [3.63, 3.8) is 0 Å². The molecule has 0 aromatic carbocycles. The second-order valence-electron chi connectivity index (χ2n) is 4.85. The lowest BCUT2D eigenvalue weighted by Crippen LogP contribution is -2.37. The SMILES string of the molecule is O=C(NCCN1C(=O)S/C(=C/c2cccnc2)C1=O)c1ccn[nH]1. The third-order valence-electron chi connectivity index (χ3n) is 3.22. The number of imide groups is 1. The van der Waals surface area contributed by atoms with Gasteiger partial charge in [-0.05, 0) is 35.5 Å². The number of nitrogens with zero attached hydrogens (tertiary/aromatic N) is 3. The van der Waals surface area contributed by atoms with Gasteiger partial charge in [0.2, 0.25) is 0 Å². The standard InChI is InChI=1S/C15H13N5O3S/c21-13(11-3-5-18-19-11)17-6-7-20-14(22)12(24-15(20)23)8-10-2-1-4-16-9-10/h1-5,8-9H,6-7H2,(H,17,21)(H,18,19)/b12-8+. The molecule has 1 fully saturated rings. The molecule has 0 unspecified atom stereocenters. The van der Waals surface area contributed by atoms with Crippen LogP contribution < -0.4 is 5.32 Å². The first-order valence-corrected chi connectivity index (χ1v) is 7.90. The van der Waals surface area contributed by atoms with E-state index in [2.05, 4.69) is 20.5 Å². The van der Waals surface area contributed by atoms with Crippen LogP contribution in [0.3, 0.4) is 0 Å². The smallest absolute Gasteiger partial charge is 0.293 e. The van der Waals surface area contributed by atoms with E-state index in [-0.39, 0.29) is 30.1 Å². The van der Waals surface area contributed by atoms with Crippen LogP contribution in [0, 0.1) is 0 Å². The number of thioether (sulfide) groups is 1. The van der Waals surface area contributed by atoms with Gasteiger partial charge < -0.3 is 5.32 Å². The van der Waals surface area contributed by atoms with Crippen LogP contribution in [0.5, 0.6) is 0 Å². The summed E-state index contributed by atoms with van der Waals surface area (Å²) in [6.45, 7) is 0.269. The van der Waals surface area contributed by atoms with Crippen LogP contribution in [-0.2, 0) is 4.79 Å². The van der Waals surface area contributed by atoms with Gasteiger partial charge in [-0.2, -0.15) is 5.10 Å². The Bertz CT molecular complexity index is 789. The Morgan fingerprint density at radius 2 is 2.21 bits per heavy atom. The minimum absolute atomic E-state index is 0.106. The van der Waals surface area contributed by atoms with E-state index in [0.717, 1.165) is 22.2 Å². The third kappa shape index (κ3) is 3.51. The van der Waals surface area contributed by atoms with Crippen molar-refractivity contribution in [3.05, 3.63) is 53.0 Å². The first-order chi connectivity index (χ1) is 11.6. The minimum Gasteiger partial charge on any atom is -0.349 e. The highest BCUT2D eigenvalue weighted by Gasteiger charge is 2.34. The number of rotatable bonds is 5. The van der Waals surface area contributed by atoms with Gasteiger partial charge in [-0.3, -0.25) is 29.4 Å². The molecule has 9 heteroatoms. The zero-order valence-corrected chi connectivity index (χ0v) is 13.2. The van der Waals surface area contributed by atoms with Crippen molar-refractivity contribution < 1.29 is 14.4 Å². The zero-order valence-electron chi connectivity index (χ0n) is 12.4. The monoisotopic (exact) mass is 343 g/mol. The molecule has 2 N–H and O–H groups in total. The van der Waals surface area contributed by atoms with Gasteiger partial charge >= 0.3 is 0 Å². The molecule has 24 heavy (non-hydrogen) atoms. The molecule has 1 aliphatic rings. The molecule has 3 rings (SSSR count). The van der Waals surface area contributed by atoms with Crippen LogP contribution in [0.15, 0.2) is 41.7 Å². The molecule has 2 aromatic rings. The lowest BCUT2D eigenvalue weighted by Gasteiger charge is -2.12. The van der Waals surface area contributed by atoms with Crippen molar-refractivity contribution in [2.45, 2.75) is 0 Å². The van der Waals surface area contributed by atoms with Crippen LogP contribution in [-0.4, -0.2) is 50.2 Å². The summed E-state index contributed by atoms with van der Waals surface area (Å²) in [6.07, 6.45) is 6.33. The molecule has 0 radical (unpaired) electrons. The predicted octanol–water partition coefficient (Wildman–Crippen LogP) is 1.27. The van der Waals surface area contributed by atoms with Crippen molar-refractivity contribution in [1.82, 2.24) is 25.4 Å². The van der Waals surface area contributed by atoms with Gasteiger partial charge in [0.15, 0.2) is 0 Å². The van der Waals surface area contributed by atoms with Crippen LogP contribution in [0.4, 0.5) is 4.79 Å². The van der Waals surface area contributed by atoms with Crippen molar-refractivity contribution in [1.29, 1.82) is 0 Å². The molecule has 122 valence electrons. The maximum absolute atomic E-state index is 12.3. The number of hydrogen-bond donors (Lipinski definition) is 2. The Morgan fingerprint density at radius 1 is 1.33 bits per heavy atom. The fourth-order valence-corrected chi connectivity index (χ4v) is 2.93. The van der Waals surface area contributed by atoms with Gasteiger partial charge in [-0.25, -0.2) is 0 Å². The molecule has 3 heterocycles. The van der Waals surface area contributed by atoms with Gasteiger partial charge in [-0.1, -0.05) is 6.07 Å². The normalized spacial score (nSPS) is 16.0. The minimum atomic E-state index is -0.371. The van der Waals surface area contributed by atoms with E-state index in [4.69, 9.17) is 0 Å². The first-order valence-electron chi connectivity index (χ1n) is 7.08. The van der Waals surface area contributed by atoms with E-state index in [1.807, 2.05) is 0 Å². The maximum Gasteiger partial charge on any atom is 0.293 e. The lowest BCUT2D eigenvalue weighted by molar-refractivity contribution is -0.122. The van der Waals surface area contributed by atoms with E-state index in [1.165, 1.54) is 12.3 Å². The maximum atomic E-state index is 12.3. The summed E-state index contributed by atoms with van der Waals surface area (Å²) in [5, 5.41) is 8.49. The summed E-state index contributed by atoms with van der Waals surface area (Å²) in [6, 6.07) is 5.08. The molecule has 0 saturated carbocycles. The number of aromatic nitrogens is 3. The van der Waals surface area contributed by atoms with E-state index in [1.54, 1.807) is 30.6 Å². The van der Waals surface area contributed by atoms with E-state index >= 15 is 0 Å². The molecule has 0 atom stereocenters.